The van der Waals surface area contributed by atoms with E-state index in [0.717, 1.165) is 69.4 Å². The van der Waals surface area contributed by atoms with Gasteiger partial charge in [0.1, 0.15) is 11.6 Å². The minimum Gasteiger partial charge on any atom is -0.378 e. The lowest BCUT2D eigenvalue weighted by Gasteiger charge is -2.35. The topological polar surface area (TPSA) is 40.6 Å². The summed E-state index contributed by atoms with van der Waals surface area (Å²) >= 11 is 0. The molecule has 5 nitrogen and oxygen atoms in total. The molecule has 2 aromatic rings. The fraction of sp³-hybridized carbons (Fsp3) is 0.522. The van der Waals surface area contributed by atoms with E-state index in [-0.39, 0.29) is 5.82 Å². The summed E-state index contributed by atoms with van der Waals surface area (Å²) in [6, 6.07) is 11.6. The molecule has 1 atom stereocenters. The van der Waals surface area contributed by atoms with Gasteiger partial charge >= 0.3 is 0 Å². The van der Waals surface area contributed by atoms with Gasteiger partial charge in [-0.15, -0.1) is 0 Å². The third kappa shape index (κ3) is 4.99. The third-order valence-corrected chi connectivity index (χ3v) is 5.74. The van der Waals surface area contributed by atoms with Crippen molar-refractivity contribution in [2.45, 2.75) is 38.6 Å². The highest BCUT2D eigenvalue weighted by molar-refractivity contribution is 5.57. The van der Waals surface area contributed by atoms with Crippen molar-refractivity contribution in [2.75, 3.05) is 54.5 Å². The second-order valence-electron chi connectivity index (χ2n) is 8.30. The van der Waals surface area contributed by atoms with Crippen LogP contribution in [0.25, 0.3) is 0 Å². The largest absolute Gasteiger partial charge is 0.378 e. The average Bonchev–Trinajstić information content (AvgIpc) is 2.74. The van der Waals surface area contributed by atoms with E-state index < -0.39 is 0 Å². The molecule has 29 heavy (non-hydrogen) atoms. The molecule has 2 fully saturated rings. The number of ether oxygens (including phenoxy) is 1. The van der Waals surface area contributed by atoms with Crippen molar-refractivity contribution in [1.82, 2.24) is 4.98 Å². The van der Waals surface area contributed by atoms with Crippen LogP contribution >= 0.6 is 0 Å². The number of piperidine rings is 1. The van der Waals surface area contributed by atoms with Gasteiger partial charge in [-0.25, -0.2) is 9.37 Å². The summed E-state index contributed by atoms with van der Waals surface area (Å²) in [6.45, 7) is 9.54. The molecule has 1 unspecified atom stereocenters. The number of pyridine rings is 1. The lowest BCUT2D eigenvalue weighted by atomic mass is 10.0. The van der Waals surface area contributed by atoms with Crippen LogP contribution in [-0.4, -0.2) is 50.4 Å². The van der Waals surface area contributed by atoms with Gasteiger partial charge < -0.3 is 19.9 Å². The van der Waals surface area contributed by atoms with Crippen LogP contribution in [0.5, 0.6) is 0 Å². The minimum absolute atomic E-state index is 0.181. The molecule has 0 saturated carbocycles. The molecule has 0 amide bonds. The minimum atomic E-state index is -0.181. The Balaban J connectivity index is 1.51. The SMILES string of the molecule is CC(C)c1cc(N2CCOCC2)cc(NC2CCCN(c3cccc(F)c3)C2)n1. The first-order chi connectivity index (χ1) is 14.1. The van der Waals surface area contributed by atoms with Crippen LogP contribution in [0.4, 0.5) is 21.6 Å². The Morgan fingerprint density at radius 2 is 1.90 bits per heavy atom. The van der Waals surface area contributed by atoms with E-state index in [1.807, 2.05) is 6.07 Å². The van der Waals surface area contributed by atoms with Crippen molar-refractivity contribution < 1.29 is 9.13 Å². The lowest BCUT2D eigenvalue weighted by Crippen LogP contribution is -2.42. The maximum absolute atomic E-state index is 13.6. The van der Waals surface area contributed by atoms with E-state index >= 15 is 0 Å². The van der Waals surface area contributed by atoms with E-state index in [4.69, 9.17) is 9.72 Å². The molecule has 4 rings (SSSR count). The molecule has 1 aromatic heterocycles. The summed E-state index contributed by atoms with van der Waals surface area (Å²) in [5.74, 6) is 1.12. The number of rotatable bonds is 5. The van der Waals surface area contributed by atoms with Gasteiger partial charge in [0, 0.05) is 55.4 Å². The summed E-state index contributed by atoms with van der Waals surface area (Å²) < 4.78 is 19.1. The summed E-state index contributed by atoms with van der Waals surface area (Å²) in [5.41, 5.74) is 3.27. The maximum Gasteiger partial charge on any atom is 0.128 e. The fourth-order valence-corrected chi connectivity index (χ4v) is 4.12. The molecule has 1 aromatic carbocycles. The van der Waals surface area contributed by atoms with E-state index in [9.17, 15) is 4.39 Å². The Kier molecular flexibility index (Phi) is 6.19. The first-order valence-corrected chi connectivity index (χ1v) is 10.7. The number of aromatic nitrogens is 1. The second kappa shape index (κ2) is 8.99. The van der Waals surface area contributed by atoms with Crippen LogP contribution < -0.4 is 15.1 Å². The van der Waals surface area contributed by atoms with E-state index in [1.165, 1.54) is 11.8 Å². The van der Waals surface area contributed by atoms with Crippen LogP contribution in [0, 0.1) is 5.82 Å². The highest BCUT2D eigenvalue weighted by Gasteiger charge is 2.22. The molecule has 0 spiro atoms. The second-order valence-corrected chi connectivity index (χ2v) is 8.30. The van der Waals surface area contributed by atoms with Crippen molar-refractivity contribution in [3.05, 3.63) is 47.9 Å². The Morgan fingerprint density at radius 1 is 1.07 bits per heavy atom. The van der Waals surface area contributed by atoms with Gasteiger partial charge in [-0.2, -0.15) is 0 Å². The number of anilines is 3. The van der Waals surface area contributed by atoms with Gasteiger partial charge in [-0.1, -0.05) is 19.9 Å². The van der Waals surface area contributed by atoms with Crippen molar-refractivity contribution >= 4 is 17.2 Å². The molecule has 2 saturated heterocycles. The van der Waals surface area contributed by atoms with Crippen LogP contribution in [0.15, 0.2) is 36.4 Å². The van der Waals surface area contributed by atoms with Crippen LogP contribution in [0.2, 0.25) is 0 Å². The van der Waals surface area contributed by atoms with Gasteiger partial charge in [0.15, 0.2) is 0 Å². The standard InChI is InChI=1S/C23H31FN4O/c1-17(2)22-14-21(27-9-11-29-12-10-27)15-23(26-22)25-19-6-4-8-28(16-19)20-7-3-5-18(24)13-20/h3,5,7,13-15,17,19H,4,6,8-12,16H2,1-2H3,(H,25,26). The lowest BCUT2D eigenvalue weighted by molar-refractivity contribution is 0.122. The first kappa shape index (κ1) is 20.0. The molecule has 0 bridgehead atoms. The Labute approximate surface area is 172 Å². The Bertz CT molecular complexity index is 822. The van der Waals surface area contributed by atoms with Crippen molar-refractivity contribution in [3.63, 3.8) is 0 Å². The van der Waals surface area contributed by atoms with Gasteiger partial charge in [-0.05, 0) is 43.0 Å². The molecule has 2 aliphatic heterocycles. The number of hydrogen-bond acceptors (Lipinski definition) is 5. The first-order valence-electron chi connectivity index (χ1n) is 10.7. The van der Waals surface area contributed by atoms with Gasteiger partial charge in [0.2, 0.25) is 0 Å². The van der Waals surface area contributed by atoms with Crippen LogP contribution in [0.3, 0.4) is 0 Å². The summed E-state index contributed by atoms with van der Waals surface area (Å²) in [6.07, 6.45) is 2.17. The molecule has 3 heterocycles. The molecule has 6 heteroatoms. The number of morpholine rings is 1. The molecular formula is C23H31FN4O. The number of benzene rings is 1. The molecule has 0 radical (unpaired) electrons. The van der Waals surface area contributed by atoms with Crippen LogP contribution in [0.1, 0.15) is 38.3 Å². The van der Waals surface area contributed by atoms with Gasteiger partial charge in [-0.3, -0.25) is 0 Å². The monoisotopic (exact) mass is 398 g/mol. The number of hydrogen-bond donors (Lipinski definition) is 1. The zero-order chi connectivity index (χ0) is 20.2. The molecular weight excluding hydrogens is 367 g/mol. The number of nitrogens with one attached hydrogen (secondary N) is 1. The summed E-state index contributed by atoms with van der Waals surface area (Å²) in [5, 5.41) is 3.67. The normalized spacial score (nSPS) is 20.2. The predicted molar refractivity (Wildman–Crippen MR) is 117 cm³/mol. The average molecular weight is 399 g/mol. The number of nitrogens with zero attached hydrogens (tertiary/aromatic N) is 3. The number of halogens is 1. The van der Waals surface area contributed by atoms with Crippen molar-refractivity contribution in [1.29, 1.82) is 0 Å². The Hall–Kier alpha value is -2.34. The van der Waals surface area contributed by atoms with E-state index in [0.29, 0.717) is 12.0 Å². The molecule has 0 aliphatic carbocycles. The summed E-state index contributed by atoms with van der Waals surface area (Å²) in [7, 11) is 0. The smallest absolute Gasteiger partial charge is 0.128 e. The quantitative estimate of drug-likeness (QED) is 0.815. The Morgan fingerprint density at radius 3 is 2.66 bits per heavy atom. The van der Waals surface area contributed by atoms with Crippen molar-refractivity contribution in [3.8, 4) is 0 Å². The van der Waals surface area contributed by atoms with Crippen LogP contribution in [-0.2, 0) is 4.74 Å². The zero-order valence-corrected chi connectivity index (χ0v) is 17.4. The molecule has 2 aliphatic rings. The third-order valence-electron chi connectivity index (χ3n) is 5.74. The zero-order valence-electron chi connectivity index (χ0n) is 17.4. The van der Waals surface area contributed by atoms with E-state index in [1.54, 1.807) is 12.1 Å². The van der Waals surface area contributed by atoms with Gasteiger partial charge in [0.25, 0.3) is 0 Å². The van der Waals surface area contributed by atoms with Gasteiger partial charge in [0.05, 0.1) is 13.2 Å². The summed E-state index contributed by atoms with van der Waals surface area (Å²) in [4.78, 5) is 9.53. The van der Waals surface area contributed by atoms with E-state index in [2.05, 4.69) is 41.1 Å². The molecule has 156 valence electrons. The maximum atomic E-state index is 13.6. The highest BCUT2D eigenvalue weighted by atomic mass is 19.1. The van der Waals surface area contributed by atoms with Crippen molar-refractivity contribution in [2.24, 2.45) is 0 Å². The predicted octanol–water partition coefficient (Wildman–Crippen LogP) is 4.26. The fourth-order valence-electron chi connectivity index (χ4n) is 4.12. The highest BCUT2D eigenvalue weighted by Crippen LogP contribution is 2.27. The molecule has 1 N–H and O–H groups in total.